The van der Waals surface area contributed by atoms with Gasteiger partial charge in [-0.05, 0) is 19.9 Å². The van der Waals surface area contributed by atoms with Gasteiger partial charge in [-0.2, -0.15) is 5.26 Å². The van der Waals surface area contributed by atoms with E-state index in [1.54, 1.807) is 13.8 Å². The second kappa shape index (κ2) is 4.07. The second-order valence-electron chi connectivity index (χ2n) is 4.38. The molecule has 0 unspecified atom stereocenters. The maximum absolute atomic E-state index is 11.8. The lowest BCUT2D eigenvalue weighted by Crippen LogP contribution is -2.64. The fraction of sp³-hybridized carbons (Fsp3) is 0.364. The molecule has 0 radical (unpaired) electrons. The van der Waals surface area contributed by atoms with Gasteiger partial charge >= 0.3 is 0 Å². The van der Waals surface area contributed by atoms with Crippen LogP contribution in [0.15, 0.2) is 12.3 Å². The highest BCUT2D eigenvalue weighted by Gasteiger charge is 2.42. The Bertz CT molecular complexity index is 561. The monoisotopic (exact) mass is 245 g/mol. The predicted molar refractivity (Wildman–Crippen MR) is 61.3 cm³/mol. The van der Waals surface area contributed by atoms with Crippen molar-refractivity contribution in [2.45, 2.75) is 19.4 Å². The summed E-state index contributed by atoms with van der Waals surface area (Å²) in [6.45, 7) is 3.31. The lowest BCUT2D eigenvalue weighted by molar-refractivity contribution is -0.135. The SMILES string of the molecule is CC1(C)C(=O)NC(=O)CN1c1nccc(C#N)n1. The van der Waals surface area contributed by atoms with Crippen LogP contribution in [0.1, 0.15) is 19.5 Å². The van der Waals surface area contributed by atoms with Crippen LogP contribution in [0.5, 0.6) is 0 Å². The molecule has 7 nitrogen and oxygen atoms in total. The average molecular weight is 245 g/mol. The van der Waals surface area contributed by atoms with Crippen LogP contribution in [0.2, 0.25) is 0 Å². The standard InChI is InChI=1S/C11H11N5O2/c1-11(2)9(18)15-8(17)6-16(11)10-13-4-3-7(5-12)14-10/h3-4H,6H2,1-2H3,(H,15,17,18). The molecule has 1 aromatic rings. The van der Waals surface area contributed by atoms with Crippen molar-refractivity contribution in [2.24, 2.45) is 0 Å². The number of carbonyl (C=O) groups excluding carboxylic acids is 2. The number of hydrogen-bond acceptors (Lipinski definition) is 6. The molecule has 2 heterocycles. The molecule has 7 heteroatoms. The van der Waals surface area contributed by atoms with E-state index in [0.717, 1.165) is 0 Å². The Hall–Kier alpha value is -2.49. The highest BCUT2D eigenvalue weighted by molar-refractivity contribution is 6.06. The molecule has 2 rings (SSSR count). The van der Waals surface area contributed by atoms with Crippen LogP contribution in [0, 0.1) is 11.3 Å². The first-order chi connectivity index (χ1) is 8.45. The molecule has 1 aliphatic heterocycles. The van der Waals surface area contributed by atoms with Gasteiger partial charge < -0.3 is 4.90 Å². The summed E-state index contributed by atoms with van der Waals surface area (Å²) in [5.74, 6) is -0.628. The molecular weight excluding hydrogens is 234 g/mol. The van der Waals surface area contributed by atoms with E-state index >= 15 is 0 Å². The Morgan fingerprint density at radius 3 is 2.89 bits per heavy atom. The highest BCUT2D eigenvalue weighted by Crippen LogP contribution is 2.22. The maximum atomic E-state index is 11.8. The number of rotatable bonds is 1. The van der Waals surface area contributed by atoms with Crippen molar-refractivity contribution in [1.82, 2.24) is 15.3 Å². The normalized spacial score (nSPS) is 18.2. The van der Waals surface area contributed by atoms with Crippen LogP contribution in [0.4, 0.5) is 5.95 Å². The number of aromatic nitrogens is 2. The van der Waals surface area contributed by atoms with Gasteiger partial charge in [0.2, 0.25) is 11.9 Å². The van der Waals surface area contributed by atoms with Crippen molar-refractivity contribution in [3.05, 3.63) is 18.0 Å². The molecule has 1 N–H and O–H groups in total. The van der Waals surface area contributed by atoms with Crippen LogP contribution in [0.25, 0.3) is 0 Å². The van der Waals surface area contributed by atoms with E-state index < -0.39 is 17.4 Å². The molecule has 0 atom stereocenters. The number of imide groups is 1. The Balaban J connectivity index is 2.44. The highest BCUT2D eigenvalue weighted by atomic mass is 16.2. The third-order valence-corrected chi connectivity index (χ3v) is 2.78. The number of piperazine rings is 1. The van der Waals surface area contributed by atoms with Gasteiger partial charge in [0.1, 0.15) is 23.8 Å². The molecule has 0 aromatic carbocycles. The quantitative estimate of drug-likeness (QED) is 0.675. The van der Waals surface area contributed by atoms with E-state index in [1.165, 1.54) is 17.2 Å². The molecule has 0 bridgehead atoms. The minimum absolute atomic E-state index is 0.0202. The zero-order chi connectivity index (χ0) is 13.3. The number of amides is 2. The Labute approximate surface area is 103 Å². The molecule has 0 spiro atoms. The summed E-state index contributed by atoms with van der Waals surface area (Å²) in [7, 11) is 0. The topological polar surface area (TPSA) is 99.0 Å². The fourth-order valence-electron chi connectivity index (χ4n) is 1.64. The van der Waals surface area contributed by atoms with Crippen LogP contribution in [-0.4, -0.2) is 33.9 Å². The molecule has 0 aliphatic carbocycles. The van der Waals surface area contributed by atoms with Crippen molar-refractivity contribution in [3.63, 3.8) is 0 Å². The Morgan fingerprint density at radius 1 is 1.50 bits per heavy atom. The van der Waals surface area contributed by atoms with E-state index in [-0.39, 0.29) is 18.2 Å². The van der Waals surface area contributed by atoms with Crippen LogP contribution in [-0.2, 0) is 9.59 Å². The molecule has 2 amide bonds. The van der Waals surface area contributed by atoms with Crippen molar-refractivity contribution in [2.75, 3.05) is 11.4 Å². The van der Waals surface area contributed by atoms with Gasteiger partial charge in [-0.25, -0.2) is 9.97 Å². The smallest absolute Gasteiger partial charge is 0.252 e. The average Bonchev–Trinajstić information content (AvgIpc) is 2.34. The summed E-state index contributed by atoms with van der Waals surface area (Å²) in [6, 6.07) is 3.35. The third kappa shape index (κ3) is 1.88. The van der Waals surface area contributed by atoms with E-state index in [0.29, 0.717) is 0 Å². The van der Waals surface area contributed by atoms with Crippen LogP contribution in [0.3, 0.4) is 0 Å². The second-order valence-corrected chi connectivity index (χ2v) is 4.38. The molecule has 0 saturated carbocycles. The van der Waals surface area contributed by atoms with Gasteiger partial charge in [-0.15, -0.1) is 0 Å². The number of anilines is 1. The fourth-order valence-corrected chi connectivity index (χ4v) is 1.64. The summed E-state index contributed by atoms with van der Waals surface area (Å²) in [4.78, 5) is 32.7. The van der Waals surface area contributed by atoms with E-state index in [4.69, 9.17) is 5.26 Å². The van der Waals surface area contributed by atoms with E-state index in [1.807, 2.05) is 6.07 Å². The lowest BCUT2D eigenvalue weighted by atomic mass is 9.99. The minimum Gasteiger partial charge on any atom is -0.317 e. The van der Waals surface area contributed by atoms with Crippen LogP contribution >= 0.6 is 0 Å². The molecule has 1 aromatic heterocycles. The van der Waals surface area contributed by atoms with Crippen molar-refractivity contribution < 1.29 is 9.59 Å². The number of nitrogens with one attached hydrogen (secondary N) is 1. The first-order valence-corrected chi connectivity index (χ1v) is 5.30. The lowest BCUT2D eigenvalue weighted by Gasteiger charge is -2.39. The molecule has 1 fully saturated rings. The number of hydrogen-bond donors (Lipinski definition) is 1. The predicted octanol–water partition coefficient (Wildman–Crippen LogP) is -0.410. The van der Waals surface area contributed by atoms with Crippen molar-refractivity contribution in [3.8, 4) is 6.07 Å². The van der Waals surface area contributed by atoms with Gasteiger partial charge in [0.25, 0.3) is 5.91 Å². The zero-order valence-electron chi connectivity index (χ0n) is 9.97. The first kappa shape index (κ1) is 12.0. The molecule has 92 valence electrons. The van der Waals surface area contributed by atoms with E-state index in [2.05, 4.69) is 15.3 Å². The number of carbonyl (C=O) groups is 2. The summed E-state index contributed by atoms with van der Waals surface area (Å²) in [5, 5.41) is 11.0. The number of nitrogens with zero attached hydrogens (tertiary/aromatic N) is 4. The first-order valence-electron chi connectivity index (χ1n) is 5.30. The molecule has 1 saturated heterocycles. The largest absolute Gasteiger partial charge is 0.317 e. The van der Waals surface area contributed by atoms with Crippen LogP contribution < -0.4 is 10.2 Å². The number of nitriles is 1. The third-order valence-electron chi connectivity index (χ3n) is 2.78. The van der Waals surface area contributed by atoms with Gasteiger partial charge in [0.05, 0.1) is 0 Å². The van der Waals surface area contributed by atoms with Gasteiger partial charge in [-0.3, -0.25) is 14.9 Å². The van der Waals surface area contributed by atoms with Gasteiger partial charge in [0.15, 0.2) is 0 Å². The van der Waals surface area contributed by atoms with Gasteiger partial charge in [0, 0.05) is 6.20 Å². The molecule has 18 heavy (non-hydrogen) atoms. The maximum Gasteiger partial charge on any atom is 0.252 e. The Morgan fingerprint density at radius 2 is 2.22 bits per heavy atom. The summed E-state index contributed by atoms with van der Waals surface area (Å²) in [5.41, 5.74) is -0.753. The zero-order valence-corrected chi connectivity index (χ0v) is 9.97. The van der Waals surface area contributed by atoms with Gasteiger partial charge in [-0.1, -0.05) is 0 Å². The molecular formula is C11H11N5O2. The Kier molecular flexibility index (Phi) is 2.71. The van der Waals surface area contributed by atoms with Crippen molar-refractivity contribution >= 4 is 17.8 Å². The molecule has 1 aliphatic rings. The summed E-state index contributed by atoms with van der Waals surface area (Å²) < 4.78 is 0. The summed E-state index contributed by atoms with van der Waals surface area (Å²) >= 11 is 0. The summed E-state index contributed by atoms with van der Waals surface area (Å²) in [6.07, 6.45) is 1.42. The van der Waals surface area contributed by atoms with Crippen molar-refractivity contribution in [1.29, 1.82) is 5.26 Å². The minimum atomic E-state index is -0.942. The van der Waals surface area contributed by atoms with E-state index in [9.17, 15) is 9.59 Å².